The molecule has 2 fully saturated rings. The van der Waals surface area contributed by atoms with Crippen molar-refractivity contribution in [2.24, 2.45) is 5.92 Å². The largest absolute Gasteiger partial charge is 0.454 e. The molecule has 0 unspecified atom stereocenters. The van der Waals surface area contributed by atoms with E-state index in [1.807, 2.05) is 0 Å². The highest BCUT2D eigenvalue weighted by Gasteiger charge is 2.32. The van der Waals surface area contributed by atoms with E-state index in [4.69, 9.17) is 14.2 Å². The van der Waals surface area contributed by atoms with E-state index in [0.717, 1.165) is 25.7 Å². The maximum absolute atomic E-state index is 12.4. The van der Waals surface area contributed by atoms with Crippen molar-refractivity contribution in [1.29, 1.82) is 0 Å². The van der Waals surface area contributed by atoms with Gasteiger partial charge in [0.2, 0.25) is 12.7 Å². The number of carbonyl (C=O) groups is 2. The third kappa shape index (κ3) is 4.96. The Morgan fingerprint density at radius 3 is 2.70 bits per heavy atom. The molecule has 0 aromatic heterocycles. The van der Waals surface area contributed by atoms with Crippen molar-refractivity contribution in [3.05, 3.63) is 18.2 Å². The van der Waals surface area contributed by atoms with Gasteiger partial charge in [-0.3, -0.25) is 4.79 Å². The summed E-state index contributed by atoms with van der Waals surface area (Å²) in [7, 11) is 0. The maximum Gasteiger partial charge on any atom is 0.319 e. The number of hydrogen-bond donors (Lipinski definition) is 4. The van der Waals surface area contributed by atoms with Gasteiger partial charge in [-0.15, -0.1) is 0 Å². The molecule has 164 valence electrons. The SMILES string of the molecule is O=C(Nc1ccc2c(c1)OCO2)N[C@H]1CC[C@@H](CCNC(=O)C2CCC2)O[C@@H]1CO. The Hall–Kier alpha value is -2.52. The summed E-state index contributed by atoms with van der Waals surface area (Å²) in [5.41, 5.74) is 0.592. The molecule has 3 amide bonds. The number of urea groups is 1. The van der Waals surface area contributed by atoms with Crippen LogP contribution in [0.25, 0.3) is 0 Å². The first-order chi connectivity index (χ1) is 14.6. The summed E-state index contributed by atoms with van der Waals surface area (Å²) in [6.45, 7) is 0.564. The van der Waals surface area contributed by atoms with Crippen molar-refractivity contribution in [2.75, 3.05) is 25.3 Å². The minimum atomic E-state index is -0.478. The van der Waals surface area contributed by atoms with Crippen molar-refractivity contribution < 1.29 is 28.9 Å². The van der Waals surface area contributed by atoms with Crippen LogP contribution in [0, 0.1) is 5.92 Å². The van der Waals surface area contributed by atoms with Gasteiger partial charge in [0.15, 0.2) is 11.5 Å². The molecule has 3 aliphatic rings. The van der Waals surface area contributed by atoms with E-state index in [1.165, 1.54) is 0 Å². The number of nitrogens with one attached hydrogen (secondary N) is 3. The number of carbonyl (C=O) groups excluding carboxylic acids is 2. The molecule has 0 bridgehead atoms. The molecular formula is C21H29N3O6. The van der Waals surface area contributed by atoms with Crippen LogP contribution in [0.2, 0.25) is 0 Å². The summed E-state index contributed by atoms with van der Waals surface area (Å²) in [4.78, 5) is 24.3. The van der Waals surface area contributed by atoms with Crippen LogP contribution in [0.5, 0.6) is 11.5 Å². The number of aliphatic hydroxyl groups is 1. The van der Waals surface area contributed by atoms with E-state index >= 15 is 0 Å². The molecule has 0 spiro atoms. The molecule has 1 aromatic carbocycles. The summed E-state index contributed by atoms with van der Waals surface area (Å²) in [5, 5.41) is 18.3. The van der Waals surface area contributed by atoms with E-state index in [2.05, 4.69) is 16.0 Å². The minimum Gasteiger partial charge on any atom is -0.454 e. The van der Waals surface area contributed by atoms with Crippen LogP contribution in [0.3, 0.4) is 0 Å². The number of hydrogen-bond acceptors (Lipinski definition) is 6. The Morgan fingerprint density at radius 1 is 1.10 bits per heavy atom. The third-order valence-electron chi connectivity index (χ3n) is 5.98. The molecule has 1 aromatic rings. The normalized spacial score (nSPS) is 25.3. The van der Waals surface area contributed by atoms with Crippen molar-refractivity contribution in [1.82, 2.24) is 10.6 Å². The van der Waals surface area contributed by atoms with Gasteiger partial charge in [-0.1, -0.05) is 6.42 Å². The number of aliphatic hydroxyl groups excluding tert-OH is 1. The van der Waals surface area contributed by atoms with Crippen LogP contribution in [0.1, 0.15) is 38.5 Å². The number of ether oxygens (including phenoxy) is 3. The predicted octanol–water partition coefficient (Wildman–Crippen LogP) is 1.75. The number of rotatable bonds is 7. The first-order valence-corrected chi connectivity index (χ1v) is 10.6. The second-order valence-electron chi connectivity index (χ2n) is 8.04. The molecule has 9 nitrogen and oxygen atoms in total. The molecule has 9 heteroatoms. The molecule has 3 atom stereocenters. The molecular weight excluding hydrogens is 390 g/mol. The van der Waals surface area contributed by atoms with Gasteiger partial charge in [0.25, 0.3) is 0 Å². The van der Waals surface area contributed by atoms with Gasteiger partial charge in [0.05, 0.1) is 18.8 Å². The van der Waals surface area contributed by atoms with E-state index in [0.29, 0.717) is 36.6 Å². The minimum absolute atomic E-state index is 0.0428. The maximum atomic E-state index is 12.4. The lowest BCUT2D eigenvalue weighted by Crippen LogP contribution is -2.52. The third-order valence-corrected chi connectivity index (χ3v) is 5.98. The van der Waals surface area contributed by atoms with Crippen LogP contribution in [-0.2, 0) is 9.53 Å². The van der Waals surface area contributed by atoms with Crippen LogP contribution in [-0.4, -0.2) is 55.2 Å². The molecule has 0 radical (unpaired) electrons. The molecule has 2 aliphatic heterocycles. The van der Waals surface area contributed by atoms with Gasteiger partial charge in [-0.2, -0.15) is 0 Å². The van der Waals surface area contributed by atoms with Crippen molar-refractivity contribution in [3.8, 4) is 11.5 Å². The predicted molar refractivity (Wildman–Crippen MR) is 108 cm³/mol. The highest BCUT2D eigenvalue weighted by molar-refractivity contribution is 5.90. The summed E-state index contributed by atoms with van der Waals surface area (Å²) >= 11 is 0. The van der Waals surface area contributed by atoms with Crippen molar-refractivity contribution >= 4 is 17.6 Å². The first-order valence-electron chi connectivity index (χ1n) is 10.6. The number of amides is 3. The molecule has 4 rings (SSSR count). The van der Waals surface area contributed by atoms with E-state index < -0.39 is 6.10 Å². The fraction of sp³-hybridized carbons (Fsp3) is 0.619. The first kappa shape index (κ1) is 20.7. The molecule has 1 aliphatic carbocycles. The summed E-state index contributed by atoms with van der Waals surface area (Å²) in [6, 6.07) is 4.53. The van der Waals surface area contributed by atoms with Crippen LogP contribution in [0.4, 0.5) is 10.5 Å². The van der Waals surface area contributed by atoms with E-state index in [9.17, 15) is 14.7 Å². The Labute approximate surface area is 175 Å². The Bertz CT molecular complexity index is 769. The molecule has 2 heterocycles. The van der Waals surface area contributed by atoms with Gasteiger partial charge >= 0.3 is 6.03 Å². The Kier molecular flexibility index (Phi) is 6.59. The molecule has 4 N–H and O–H groups in total. The summed E-state index contributed by atoms with van der Waals surface area (Å²) in [5.74, 6) is 1.56. The summed E-state index contributed by atoms with van der Waals surface area (Å²) < 4.78 is 16.5. The zero-order valence-corrected chi connectivity index (χ0v) is 16.9. The van der Waals surface area contributed by atoms with Gasteiger partial charge in [0.1, 0.15) is 6.10 Å². The fourth-order valence-electron chi connectivity index (χ4n) is 3.99. The number of benzene rings is 1. The topological polar surface area (TPSA) is 118 Å². The van der Waals surface area contributed by atoms with E-state index in [1.54, 1.807) is 18.2 Å². The monoisotopic (exact) mass is 419 g/mol. The Balaban J connectivity index is 1.21. The lowest BCUT2D eigenvalue weighted by Gasteiger charge is -2.36. The highest BCUT2D eigenvalue weighted by atomic mass is 16.7. The van der Waals surface area contributed by atoms with Crippen molar-refractivity contribution in [2.45, 2.75) is 56.8 Å². The van der Waals surface area contributed by atoms with Crippen LogP contribution < -0.4 is 25.4 Å². The lowest BCUT2D eigenvalue weighted by molar-refractivity contribution is -0.127. The number of fused-ring (bicyclic) bond motifs is 1. The quantitative estimate of drug-likeness (QED) is 0.535. The van der Waals surface area contributed by atoms with Crippen LogP contribution >= 0.6 is 0 Å². The second-order valence-corrected chi connectivity index (χ2v) is 8.04. The van der Waals surface area contributed by atoms with Crippen LogP contribution in [0.15, 0.2) is 18.2 Å². The second kappa shape index (κ2) is 9.53. The van der Waals surface area contributed by atoms with Gasteiger partial charge < -0.3 is 35.3 Å². The standard InChI is InChI=1S/C21H29N3O6/c25-11-19-16(6-5-15(30-19)8-9-22-20(26)13-2-1-3-13)24-21(27)23-14-4-7-17-18(10-14)29-12-28-17/h4,7,10,13,15-16,19,25H,1-3,5-6,8-9,11-12H2,(H,22,26)(H2,23,24,27)/t15-,16-,19+/m0/s1. The zero-order valence-electron chi connectivity index (χ0n) is 16.9. The lowest BCUT2D eigenvalue weighted by atomic mass is 9.85. The highest BCUT2D eigenvalue weighted by Crippen LogP contribution is 2.34. The zero-order chi connectivity index (χ0) is 20.9. The average molecular weight is 419 g/mol. The molecule has 1 saturated carbocycles. The number of anilines is 1. The molecule has 30 heavy (non-hydrogen) atoms. The Morgan fingerprint density at radius 2 is 1.93 bits per heavy atom. The van der Waals surface area contributed by atoms with Crippen molar-refractivity contribution in [3.63, 3.8) is 0 Å². The fourth-order valence-corrected chi connectivity index (χ4v) is 3.99. The average Bonchev–Trinajstić information content (AvgIpc) is 3.15. The van der Waals surface area contributed by atoms with Gasteiger partial charge in [0, 0.05) is 24.2 Å². The summed E-state index contributed by atoms with van der Waals surface area (Å²) in [6.07, 6.45) is 4.74. The van der Waals surface area contributed by atoms with E-state index in [-0.39, 0.29) is 43.4 Å². The smallest absolute Gasteiger partial charge is 0.319 e. The molecule has 1 saturated heterocycles. The van der Waals surface area contributed by atoms with Gasteiger partial charge in [-0.05, 0) is 44.2 Å². The van der Waals surface area contributed by atoms with Gasteiger partial charge in [-0.25, -0.2) is 4.79 Å².